The Labute approximate surface area is 122 Å². The number of hydrogen-bond donors (Lipinski definition) is 2. The van der Waals surface area contributed by atoms with Crippen molar-refractivity contribution in [1.29, 1.82) is 0 Å². The summed E-state index contributed by atoms with van der Waals surface area (Å²) in [6.07, 6.45) is 0.276. The number of rotatable bonds is 6. The van der Waals surface area contributed by atoms with E-state index in [1.54, 1.807) is 18.2 Å². The predicted molar refractivity (Wildman–Crippen MR) is 80.6 cm³/mol. The minimum Gasteiger partial charge on any atom is -0.378 e. The zero-order valence-corrected chi connectivity index (χ0v) is 13.4. The Bertz CT molecular complexity index is 506. The third kappa shape index (κ3) is 6.03. The number of sulfonamides is 1. The zero-order valence-electron chi connectivity index (χ0n) is 12.6. The highest BCUT2D eigenvalue weighted by Gasteiger charge is 2.22. The second kappa shape index (κ2) is 6.70. The highest BCUT2D eigenvalue weighted by molar-refractivity contribution is 7.89. The van der Waals surface area contributed by atoms with Gasteiger partial charge in [0.15, 0.2) is 0 Å². The Hall–Kier alpha value is -0.910. The summed E-state index contributed by atoms with van der Waals surface area (Å²) >= 11 is 0. The SMILES string of the molecule is CC(CC(O)NS(=O)(=O)c1ccccc1)CC(C)(C)C. The second-order valence-corrected chi connectivity index (χ2v) is 8.27. The Morgan fingerprint density at radius 2 is 1.75 bits per heavy atom. The molecule has 4 nitrogen and oxygen atoms in total. The summed E-state index contributed by atoms with van der Waals surface area (Å²) in [6.45, 7) is 8.41. The lowest BCUT2D eigenvalue weighted by Gasteiger charge is -2.25. The molecule has 0 spiro atoms. The predicted octanol–water partition coefficient (Wildman–Crippen LogP) is 2.75. The summed E-state index contributed by atoms with van der Waals surface area (Å²) in [7, 11) is -3.65. The summed E-state index contributed by atoms with van der Waals surface area (Å²) in [6, 6.07) is 8.08. The lowest BCUT2D eigenvalue weighted by atomic mass is 9.84. The van der Waals surface area contributed by atoms with Crippen molar-refractivity contribution >= 4 is 10.0 Å². The average molecular weight is 299 g/mol. The van der Waals surface area contributed by atoms with Crippen molar-refractivity contribution in [3.8, 4) is 0 Å². The van der Waals surface area contributed by atoms with Gasteiger partial charge in [-0.25, -0.2) is 8.42 Å². The number of benzene rings is 1. The molecule has 2 N–H and O–H groups in total. The monoisotopic (exact) mass is 299 g/mol. The second-order valence-electron chi connectivity index (χ2n) is 6.56. The lowest BCUT2D eigenvalue weighted by Crippen LogP contribution is -2.36. The van der Waals surface area contributed by atoms with Crippen LogP contribution in [0.3, 0.4) is 0 Å². The minimum absolute atomic E-state index is 0.164. The van der Waals surface area contributed by atoms with Gasteiger partial charge in [-0.15, -0.1) is 0 Å². The van der Waals surface area contributed by atoms with Crippen molar-refractivity contribution in [3.05, 3.63) is 30.3 Å². The van der Waals surface area contributed by atoms with Crippen LogP contribution in [0.4, 0.5) is 0 Å². The molecule has 0 radical (unpaired) electrons. The van der Waals surface area contributed by atoms with Crippen LogP contribution in [0.25, 0.3) is 0 Å². The molecule has 2 atom stereocenters. The highest BCUT2D eigenvalue weighted by atomic mass is 32.2. The highest BCUT2D eigenvalue weighted by Crippen LogP contribution is 2.26. The summed E-state index contributed by atoms with van der Waals surface area (Å²) < 4.78 is 26.4. The molecule has 20 heavy (non-hydrogen) atoms. The molecule has 2 unspecified atom stereocenters. The van der Waals surface area contributed by atoms with Gasteiger partial charge in [-0.3, -0.25) is 0 Å². The molecule has 0 heterocycles. The molecule has 1 rings (SSSR count). The van der Waals surface area contributed by atoms with Crippen LogP contribution in [0.1, 0.15) is 40.5 Å². The molecule has 1 aromatic rings. The first-order chi connectivity index (χ1) is 9.10. The van der Waals surface area contributed by atoms with Crippen LogP contribution in [0.2, 0.25) is 0 Å². The molecule has 0 aliphatic carbocycles. The first kappa shape index (κ1) is 17.1. The quantitative estimate of drug-likeness (QED) is 0.794. The van der Waals surface area contributed by atoms with Crippen LogP contribution >= 0.6 is 0 Å². The molecule has 114 valence electrons. The number of aliphatic hydroxyl groups is 1. The fraction of sp³-hybridized carbons (Fsp3) is 0.600. The van der Waals surface area contributed by atoms with E-state index in [-0.39, 0.29) is 16.2 Å². The third-order valence-corrected chi connectivity index (χ3v) is 4.41. The number of aliphatic hydroxyl groups excluding tert-OH is 1. The molecule has 0 aliphatic heterocycles. The van der Waals surface area contributed by atoms with Crippen LogP contribution < -0.4 is 4.72 Å². The zero-order chi connectivity index (χ0) is 15.4. The van der Waals surface area contributed by atoms with Crippen molar-refractivity contribution in [3.63, 3.8) is 0 Å². The van der Waals surface area contributed by atoms with Crippen molar-refractivity contribution in [2.24, 2.45) is 11.3 Å². The topological polar surface area (TPSA) is 66.4 Å². The van der Waals surface area contributed by atoms with Gasteiger partial charge in [0.05, 0.1) is 4.90 Å². The normalized spacial score (nSPS) is 15.8. The van der Waals surface area contributed by atoms with Gasteiger partial charge in [0.25, 0.3) is 0 Å². The molecule has 5 heteroatoms. The van der Waals surface area contributed by atoms with E-state index < -0.39 is 16.3 Å². The summed E-state index contributed by atoms with van der Waals surface area (Å²) in [5, 5.41) is 9.92. The van der Waals surface area contributed by atoms with E-state index in [1.165, 1.54) is 12.1 Å². The van der Waals surface area contributed by atoms with Gasteiger partial charge < -0.3 is 5.11 Å². The van der Waals surface area contributed by atoms with Crippen molar-refractivity contribution < 1.29 is 13.5 Å². The van der Waals surface area contributed by atoms with Gasteiger partial charge in [-0.2, -0.15) is 4.72 Å². The van der Waals surface area contributed by atoms with Gasteiger partial charge in [0.2, 0.25) is 10.0 Å². The van der Waals surface area contributed by atoms with Crippen molar-refractivity contribution in [2.75, 3.05) is 0 Å². The Balaban J connectivity index is 2.60. The molecule has 1 aromatic carbocycles. The van der Waals surface area contributed by atoms with Crippen LogP contribution in [-0.4, -0.2) is 19.8 Å². The molecule has 0 saturated carbocycles. The summed E-state index contributed by atoms with van der Waals surface area (Å²) in [5.74, 6) is 0.239. The van der Waals surface area contributed by atoms with Gasteiger partial charge >= 0.3 is 0 Å². The maximum atomic E-state index is 12.0. The largest absolute Gasteiger partial charge is 0.378 e. The smallest absolute Gasteiger partial charge is 0.242 e. The average Bonchev–Trinajstić information content (AvgIpc) is 2.26. The van der Waals surface area contributed by atoms with Crippen LogP contribution in [-0.2, 0) is 10.0 Å². The van der Waals surface area contributed by atoms with Gasteiger partial charge in [0.1, 0.15) is 6.23 Å². The number of hydrogen-bond acceptors (Lipinski definition) is 3. The molecule has 0 bridgehead atoms. The Kier molecular flexibility index (Phi) is 5.74. The minimum atomic E-state index is -3.65. The van der Waals surface area contributed by atoms with Crippen LogP contribution in [0.15, 0.2) is 35.2 Å². The Morgan fingerprint density at radius 3 is 2.25 bits per heavy atom. The summed E-state index contributed by atoms with van der Waals surface area (Å²) in [5.41, 5.74) is 0.164. The molecule has 0 aromatic heterocycles. The molecule has 0 saturated heterocycles. The maximum absolute atomic E-state index is 12.0. The maximum Gasteiger partial charge on any atom is 0.242 e. The molecular formula is C15H25NO3S. The lowest BCUT2D eigenvalue weighted by molar-refractivity contribution is 0.123. The molecule has 0 fully saturated rings. The van der Waals surface area contributed by atoms with E-state index in [0.29, 0.717) is 6.42 Å². The van der Waals surface area contributed by atoms with Crippen LogP contribution in [0.5, 0.6) is 0 Å². The van der Waals surface area contributed by atoms with Crippen molar-refractivity contribution in [2.45, 2.75) is 51.7 Å². The Morgan fingerprint density at radius 1 is 1.20 bits per heavy atom. The summed E-state index contributed by atoms with van der Waals surface area (Å²) in [4.78, 5) is 0.169. The third-order valence-electron chi connectivity index (χ3n) is 2.93. The van der Waals surface area contributed by atoms with E-state index in [2.05, 4.69) is 25.5 Å². The molecular weight excluding hydrogens is 274 g/mol. The van der Waals surface area contributed by atoms with Gasteiger partial charge in [-0.05, 0) is 36.3 Å². The molecule has 0 amide bonds. The van der Waals surface area contributed by atoms with Crippen LogP contribution in [0, 0.1) is 11.3 Å². The van der Waals surface area contributed by atoms with Crippen molar-refractivity contribution in [1.82, 2.24) is 4.72 Å². The first-order valence-electron chi connectivity index (χ1n) is 6.85. The van der Waals surface area contributed by atoms with E-state index >= 15 is 0 Å². The number of nitrogens with one attached hydrogen (secondary N) is 1. The van der Waals surface area contributed by atoms with Gasteiger partial charge in [-0.1, -0.05) is 45.9 Å². The first-order valence-corrected chi connectivity index (χ1v) is 8.34. The van der Waals surface area contributed by atoms with E-state index in [1.807, 2.05) is 6.92 Å². The van der Waals surface area contributed by atoms with E-state index in [0.717, 1.165) is 6.42 Å². The standard InChI is InChI=1S/C15H25NO3S/c1-12(11-15(2,3)4)10-14(17)16-20(18,19)13-8-6-5-7-9-13/h5-9,12,14,16-17H,10-11H2,1-4H3. The molecule has 0 aliphatic rings. The van der Waals surface area contributed by atoms with E-state index in [9.17, 15) is 13.5 Å². The fourth-order valence-corrected chi connectivity index (χ4v) is 3.51. The van der Waals surface area contributed by atoms with E-state index in [4.69, 9.17) is 0 Å². The fourth-order valence-electron chi connectivity index (χ4n) is 2.40. The van der Waals surface area contributed by atoms with Gasteiger partial charge in [0, 0.05) is 0 Å².